The van der Waals surface area contributed by atoms with Crippen LogP contribution in [0, 0.1) is 11.8 Å². The van der Waals surface area contributed by atoms with Gasteiger partial charge < -0.3 is 10.2 Å². The molecule has 1 heterocycles. The molecule has 1 saturated heterocycles. The summed E-state index contributed by atoms with van der Waals surface area (Å²) in [5.74, 6) is 1.69. The van der Waals surface area contributed by atoms with Gasteiger partial charge in [0.15, 0.2) is 0 Å². The van der Waals surface area contributed by atoms with Gasteiger partial charge in [-0.25, -0.2) is 0 Å². The van der Waals surface area contributed by atoms with Crippen LogP contribution in [0.1, 0.15) is 45.1 Å². The Morgan fingerprint density at radius 3 is 2.55 bits per heavy atom. The summed E-state index contributed by atoms with van der Waals surface area (Å²) in [6.07, 6.45) is 5.42. The predicted molar refractivity (Wildman–Crippen MR) is 86.1 cm³/mol. The van der Waals surface area contributed by atoms with Gasteiger partial charge in [-0.05, 0) is 49.1 Å². The Bertz CT molecular complexity index is 437. The van der Waals surface area contributed by atoms with Gasteiger partial charge in [0.1, 0.15) is 0 Å². The van der Waals surface area contributed by atoms with E-state index in [-0.39, 0.29) is 0 Å². The fourth-order valence-corrected chi connectivity index (χ4v) is 3.82. The molecule has 0 amide bonds. The molecule has 1 aromatic rings. The minimum absolute atomic E-state index is 0.705. The van der Waals surface area contributed by atoms with Crippen LogP contribution in [0.3, 0.4) is 0 Å². The zero-order valence-electron chi connectivity index (χ0n) is 12.9. The maximum atomic E-state index is 3.82. The normalized spacial score (nSPS) is 30.1. The Morgan fingerprint density at radius 1 is 1.10 bits per heavy atom. The lowest BCUT2D eigenvalue weighted by Gasteiger charge is -2.24. The number of nitrogens with one attached hydrogen (secondary N) is 1. The average Bonchev–Trinajstić information content (AvgIpc) is 3.10. The van der Waals surface area contributed by atoms with Crippen LogP contribution in [-0.4, -0.2) is 19.1 Å². The molecule has 0 spiro atoms. The van der Waals surface area contributed by atoms with Crippen molar-refractivity contribution < 1.29 is 0 Å². The molecule has 2 aliphatic rings. The molecular formula is C18H28N2. The zero-order valence-corrected chi connectivity index (χ0v) is 12.9. The number of benzene rings is 1. The quantitative estimate of drug-likeness (QED) is 0.896. The number of rotatable bonds is 4. The number of para-hydroxylation sites is 1. The first kappa shape index (κ1) is 13.9. The van der Waals surface area contributed by atoms with E-state index in [0.29, 0.717) is 6.04 Å². The largest absolute Gasteiger partial charge is 0.371 e. The third kappa shape index (κ3) is 2.85. The van der Waals surface area contributed by atoms with Crippen LogP contribution in [0.25, 0.3) is 0 Å². The topological polar surface area (TPSA) is 15.3 Å². The van der Waals surface area contributed by atoms with Gasteiger partial charge in [0.25, 0.3) is 0 Å². The molecule has 0 bridgehead atoms. The summed E-state index contributed by atoms with van der Waals surface area (Å²) in [7, 11) is 0. The van der Waals surface area contributed by atoms with E-state index in [9.17, 15) is 0 Å². The molecule has 20 heavy (non-hydrogen) atoms. The molecule has 2 nitrogen and oxygen atoms in total. The molecule has 3 atom stereocenters. The van der Waals surface area contributed by atoms with E-state index in [1.165, 1.54) is 50.0 Å². The van der Waals surface area contributed by atoms with Crippen molar-refractivity contribution >= 4 is 5.69 Å². The smallest absolute Gasteiger partial charge is 0.0411 e. The van der Waals surface area contributed by atoms with Gasteiger partial charge in [-0.2, -0.15) is 0 Å². The molecule has 1 aromatic carbocycles. The van der Waals surface area contributed by atoms with Crippen molar-refractivity contribution in [3.8, 4) is 0 Å². The van der Waals surface area contributed by atoms with Crippen molar-refractivity contribution in [1.29, 1.82) is 0 Å². The minimum Gasteiger partial charge on any atom is -0.371 e. The van der Waals surface area contributed by atoms with E-state index in [0.717, 1.165) is 18.4 Å². The molecule has 2 fully saturated rings. The lowest BCUT2D eigenvalue weighted by molar-refractivity contribution is 0.370. The van der Waals surface area contributed by atoms with E-state index in [4.69, 9.17) is 0 Å². The highest BCUT2D eigenvalue weighted by Crippen LogP contribution is 2.32. The van der Waals surface area contributed by atoms with Gasteiger partial charge >= 0.3 is 0 Å². The van der Waals surface area contributed by atoms with E-state index in [1.807, 2.05) is 0 Å². The van der Waals surface area contributed by atoms with Gasteiger partial charge in [0.2, 0.25) is 0 Å². The molecule has 3 unspecified atom stereocenters. The van der Waals surface area contributed by atoms with Crippen LogP contribution < -0.4 is 10.2 Å². The summed E-state index contributed by atoms with van der Waals surface area (Å²) in [5.41, 5.74) is 2.93. The molecule has 0 radical (unpaired) electrons. The van der Waals surface area contributed by atoms with Gasteiger partial charge in [0, 0.05) is 31.4 Å². The predicted octanol–water partition coefficient (Wildman–Crippen LogP) is 3.81. The monoisotopic (exact) mass is 272 g/mol. The Hall–Kier alpha value is -1.02. The Balaban J connectivity index is 1.65. The molecule has 3 rings (SSSR count). The molecule has 1 aliphatic heterocycles. The fourth-order valence-electron chi connectivity index (χ4n) is 3.82. The molecule has 2 heteroatoms. The van der Waals surface area contributed by atoms with Crippen LogP contribution in [-0.2, 0) is 6.54 Å². The van der Waals surface area contributed by atoms with Gasteiger partial charge in [-0.15, -0.1) is 0 Å². The number of nitrogens with zero attached hydrogens (tertiary/aromatic N) is 1. The first-order chi connectivity index (χ1) is 9.75. The average molecular weight is 272 g/mol. The van der Waals surface area contributed by atoms with E-state index >= 15 is 0 Å². The second-order valence-electron chi connectivity index (χ2n) is 6.72. The standard InChI is InChI=1S/C18H28N2/c1-14-9-10-17(15(14)2)19-13-16-7-3-4-8-18(16)20-11-5-6-12-20/h3-4,7-8,14-15,17,19H,5-6,9-13H2,1-2H3. The molecule has 1 saturated carbocycles. The van der Waals surface area contributed by atoms with Gasteiger partial charge in [-0.3, -0.25) is 0 Å². The summed E-state index contributed by atoms with van der Waals surface area (Å²) in [6.45, 7) is 8.28. The van der Waals surface area contributed by atoms with Gasteiger partial charge in [0.05, 0.1) is 0 Å². The third-order valence-electron chi connectivity index (χ3n) is 5.46. The molecule has 110 valence electrons. The Labute approximate surface area is 123 Å². The first-order valence-corrected chi connectivity index (χ1v) is 8.32. The number of hydrogen-bond acceptors (Lipinski definition) is 2. The van der Waals surface area contributed by atoms with Crippen LogP contribution in [0.15, 0.2) is 24.3 Å². The molecular weight excluding hydrogens is 244 g/mol. The van der Waals surface area contributed by atoms with Gasteiger partial charge in [-0.1, -0.05) is 32.0 Å². The summed E-state index contributed by atoms with van der Waals surface area (Å²) < 4.78 is 0. The number of hydrogen-bond donors (Lipinski definition) is 1. The van der Waals surface area contributed by atoms with Crippen LogP contribution >= 0.6 is 0 Å². The summed E-state index contributed by atoms with van der Waals surface area (Å²) >= 11 is 0. The summed E-state index contributed by atoms with van der Waals surface area (Å²) in [4.78, 5) is 2.55. The lowest BCUT2D eigenvalue weighted by Crippen LogP contribution is -2.32. The minimum atomic E-state index is 0.705. The second kappa shape index (κ2) is 6.17. The van der Waals surface area contributed by atoms with Crippen molar-refractivity contribution in [2.75, 3.05) is 18.0 Å². The summed E-state index contributed by atoms with van der Waals surface area (Å²) in [5, 5.41) is 3.82. The summed E-state index contributed by atoms with van der Waals surface area (Å²) in [6, 6.07) is 9.65. The Kier molecular flexibility index (Phi) is 4.30. The van der Waals surface area contributed by atoms with Crippen LogP contribution in [0.5, 0.6) is 0 Å². The van der Waals surface area contributed by atoms with Crippen LogP contribution in [0.2, 0.25) is 0 Å². The highest BCUT2D eigenvalue weighted by Gasteiger charge is 2.29. The van der Waals surface area contributed by atoms with Crippen molar-refractivity contribution in [2.45, 2.75) is 52.1 Å². The number of anilines is 1. The fraction of sp³-hybridized carbons (Fsp3) is 0.667. The molecule has 1 aliphatic carbocycles. The lowest BCUT2D eigenvalue weighted by atomic mass is 9.97. The van der Waals surface area contributed by atoms with E-state index in [1.54, 1.807) is 0 Å². The highest BCUT2D eigenvalue weighted by atomic mass is 15.1. The van der Waals surface area contributed by atoms with E-state index < -0.39 is 0 Å². The second-order valence-corrected chi connectivity index (χ2v) is 6.72. The van der Waals surface area contributed by atoms with Crippen LogP contribution in [0.4, 0.5) is 5.69 Å². The third-order valence-corrected chi connectivity index (χ3v) is 5.46. The van der Waals surface area contributed by atoms with Crippen molar-refractivity contribution in [1.82, 2.24) is 5.32 Å². The maximum absolute atomic E-state index is 3.82. The van der Waals surface area contributed by atoms with Crippen molar-refractivity contribution in [2.24, 2.45) is 11.8 Å². The zero-order chi connectivity index (χ0) is 13.9. The maximum Gasteiger partial charge on any atom is 0.0411 e. The first-order valence-electron chi connectivity index (χ1n) is 8.32. The molecule has 0 aromatic heterocycles. The highest BCUT2D eigenvalue weighted by molar-refractivity contribution is 5.54. The van der Waals surface area contributed by atoms with Crippen molar-refractivity contribution in [3.63, 3.8) is 0 Å². The van der Waals surface area contributed by atoms with E-state index in [2.05, 4.69) is 48.3 Å². The SMILES string of the molecule is CC1CCC(NCc2ccccc2N2CCCC2)C1C. The Morgan fingerprint density at radius 2 is 1.85 bits per heavy atom. The van der Waals surface area contributed by atoms with Crippen molar-refractivity contribution in [3.05, 3.63) is 29.8 Å². The molecule has 1 N–H and O–H groups in total.